The van der Waals surface area contributed by atoms with Crippen molar-refractivity contribution in [1.29, 1.82) is 0 Å². The molecule has 0 bridgehead atoms. The molecule has 0 saturated heterocycles. The number of carbonyl (C=O) groups excluding carboxylic acids is 4. The number of hydrogen-bond donors (Lipinski definition) is 1. The van der Waals surface area contributed by atoms with Gasteiger partial charge in [0.1, 0.15) is 11.7 Å². The lowest BCUT2D eigenvalue weighted by Crippen LogP contribution is -2.34. The van der Waals surface area contributed by atoms with Crippen LogP contribution in [0.25, 0.3) is 6.08 Å². The highest BCUT2D eigenvalue weighted by atomic mass is 32.2. The van der Waals surface area contributed by atoms with Crippen molar-refractivity contribution in [1.82, 2.24) is 10.2 Å². The predicted molar refractivity (Wildman–Crippen MR) is 125 cm³/mol. The first-order chi connectivity index (χ1) is 16.8. The Morgan fingerprint density at radius 2 is 1.31 bits per heavy atom. The lowest BCUT2D eigenvalue weighted by atomic mass is 9.92. The lowest BCUT2D eigenvalue weighted by molar-refractivity contribution is -0.141. The number of esters is 4. The first-order valence-electron chi connectivity index (χ1n) is 10.3. The molecule has 3 aliphatic heterocycles. The summed E-state index contributed by atoms with van der Waals surface area (Å²) >= 11 is 1.29. The van der Waals surface area contributed by atoms with E-state index < -0.39 is 41.2 Å². The van der Waals surface area contributed by atoms with Gasteiger partial charge in [0.2, 0.25) is 0 Å². The second-order valence-electron chi connectivity index (χ2n) is 7.42. The Labute approximate surface area is 205 Å². The molecule has 3 aliphatic rings. The van der Waals surface area contributed by atoms with Gasteiger partial charge >= 0.3 is 23.9 Å². The molecule has 0 saturated carbocycles. The van der Waals surface area contributed by atoms with Crippen LogP contribution in [-0.4, -0.2) is 63.5 Å². The zero-order valence-corrected chi connectivity index (χ0v) is 20.4. The zero-order chi connectivity index (χ0) is 25.4. The normalized spacial score (nSPS) is 18.1. The molecular formula is C24H22N2O8S. The molecule has 3 heterocycles. The number of methoxy groups -OCH3 is 4. The fraction of sp³-hybridized carbons (Fsp3) is 0.250. The number of rotatable bonds is 5. The van der Waals surface area contributed by atoms with Crippen molar-refractivity contribution in [2.45, 2.75) is 6.17 Å². The van der Waals surface area contributed by atoms with E-state index in [1.165, 1.54) is 11.8 Å². The molecule has 1 aromatic carbocycles. The van der Waals surface area contributed by atoms with Crippen LogP contribution < -0.4 is 5.32 Å². The third kappa shape index (κ3) is 3.59. The molecule has 182 valence electrons. The highest BCUT2D eigenvalue weighted by molar-refractivity contribution is 8.02. The number of hydrogen-bond acceptors (Lipinski definition) is 11. The summed E-state index contributed by atoms with van der Waals surface area (Å²) in [6.45, 7) is 0. The van der Waals surface area contributed by atoms with Gasteiger partial charge in [0.25, 0.3) is 0 Å². The Morgan fingerprint density at radius 1 is 0.800 bits per heavy atom. The number of ether oxygens (including phenoxy) is 4. The minimum absolute atomic E-state index is 0.243. The Morgan fingerprint density at radius 3 is 1.89 bits per heavy atom. The van der Waals surface area contributed by atoms with Crippen molar-refractivity contribution < 1.29 is 38.1 Å². The van der Waals surface area contributed by atoms with Crippen molar-refractivity contribution in [3.63, 3.8) is 0 Å². The van der Waals surface area contributed by atoms with Crippen LogP contribution in [0.5, 0.6) is 0 Å². The quantitative estimate of drug-likeness (QED) is 0.472. The van der Waals surface area contributed by atoms with Crippen molar-refractivity contribution >= 4 is 41.7 Å². The molecule has 1 aromatic rings. The van der Waals surface area contributed by atoms with Gasteiger partial charge in [-0.15, -0.1) is 11.8 Å². The maximum Gasteiger partial charge on any atom is 0.341 e. The Balaban J connectivity index is 2.26. The van der Waals surface area contributed by atoms with Gasteiger partial charge in [-0.3, -0.25) is 0 Å². The second kappa shape index (κ2) is 9.34. The maximum absolute atomic E-state index is 13.2. The van der Waals surface area contributed by atoms with Crippen molar-refractivity contribution in [3.05, 3.63) is 74.1 Å². The molecule has 10 nitrogen and oxygen atoms in total. The molecular weight excluding hydrogens is 476 g/mol. The summed E-state index contributed by atoms with van der Waals surface area (Å²) in [6.07, 6.45) is 2.93. The topological polar surface area (TPSA) is 120 Å². The summed E-state index contributed by atoms with van der Waals surface area (Å²) in [5.41, 5.74) is 0.706. The summed E-state index contributed by atoms with van der Waals surface area (Å²) in [7, 11) is 4.51. The first kappa shape index (κ1) is 24.1. The SMILES string of the molecule is COC(=O)C1=C(C(=O)OC)C(C(=O)OC)=C(C(=O)OC)C2=C(SC)NC3c4ccccc4C=C1N23. The minimum atomic E-state index is -1.03. The van der Waals surface area contributed by atoms with E-state index in [-0.39, 0.29) is 22.5 Å². The van der Waals surface area contributed by atoms with Gasteiger partial charge in [-0.1, -0.05) is 24.3 Å². The first-order valence-corrected chi connectivity index (χ1v) is 11.5. The van der Waals surface area contributed by atoms with Gasteiger partial charge in [0.05, 0.1) is 61.6 Å². The minimum Gasteiger partial charge on any atom is -0.465 e. The largest absolute Gasteiger partial charge is 0.465 e. The van der Waals surface area contributed by atoms with Crippen LogP contribution in [0.2, 0.25) is 0 Å². The molecule has 1 atom stereocenters. The van der Waals surface area contributed by atoms with Crippen LogP contribution in [-0.2, 0) is 38.1 Å². The monoisotopic (exact) mass is 498 g/mol. The van der Waals surface area contributed by atoms with Crippen LogP contribution in [0.4, 0.5) is 0 Å². The van der Waals surface area contributed by atoms with Gasteiger partial charge in [-0.2, -0.15) is 0 Å². The number of nitrogens with zero attached hydrogens (tertiary/aromatic N) is 1. The fourth-order valence-corrected chi connectivity index (χ4v) is 5.00. The third-order valence-electron chi connectivity index (χ3n) is 5.83. The van der Waals surface area contributed by atoms with Gasteiger partial charge < -0.3 is 29.2 Å². The molecule has 0 aliphatic carbocycles. The van der Waals surface area contributed by atoms with Crippen molar-refractivity contribution in [3.8, 4) is 0 Å². The molecule has 11 heteroatoms. The molecule has 1 N–H and O–H groups in total. The van der Waals surface area contributed by atoms with Crippen LogP contribution in [0.3, 0.4) is 0 Å². The Hall–Kier alpha value is -3.99. The third-order valence-corrected chi connectivity index (χ3v) is 6.55. The summed E-state index contributed by atoms with van der Waals surface area (Å²) in [4.78, 5) is 54.4. The number of nitrogens with one attached hydrogen (secondary N) is 1. The molecule has 0 spiro atoms. The van der Waals surface area contributed by atoms with E-state index in [0.29, 0.717) is 5.03 Å². The highest BCUT2D eigenvalue weighted by Gasteiger charge is 2.50. The number of benzene rings is 1. The van der Waals surface area contributed by atoms with Crippen LogP contribution in [0.1, 0.15) is 17.3 Å². The molecule has 0 aromatic heterocycles. The van der Waals surface area contributed by atoms with E-state index in [1.807, 2.05) is 24.3 Å². The highest BCUT2D eigenvalue weighted by Crippen LogP contribution is 2.50. The summed E-state index contributed by atoms with van der Waals surface area (Å²) in [5, 5.41) is 3.89. The lowest BCUT2D eigenvalue weighted by Gasteiger charge is -2.35. The van der Waals surface area contributed by atoms with Crippen molar-refractivity contribution in [2.75, 3.05) is 34.7 Å². The van der Waals surface area contributed by atoms with E-state index in [0.717, 1.165) is 39.6 Å². The van der Waals surface area contributed by atoms with E-state index >= 15 is 0 Å². The molecule has 0 radical (unpaired) electrons. The average Bonchev–Trinajstić information content (AvgIpc) is 3.22. The number of fused-ring (bicyclic) bond motifs is 2. The summed E-state index contributed by atoms with van der Waals surface area (Å²) in [5.74, 6) is -3.86. The second-order valence-corrected chi connectivity index (χ2v) is 8.24. The number of carbonyl (C=O) groups is 4. The van der Waals surface area contributed by atoms with Crippen molar-refractivity contribution in [2.24, 2.45) is 0 Å². The van der Waals surface area contributed by atoms with E-state index in [4.69, 9.17) is 18.9 Å². The zero-order valence-electron chi connectivity index (χ0n) is 19.6. The molecule has 4 rings (SSSR count). The molecule has 1 unspecified atom stereocenters. The Bertz CT molecular complexity index is 1290. The van der Waals surface area contributed by atoms with E-state index in [2.05, 4.69) is 5.32 Å². The van der Waals surface area contributed by atoms with Crippen LogP contribution in [0.15, 0.2) is 63.0 Å². The standard InChI is InChI=1S/C24H22N2O8S/c1-31-21(27)14-13-10-11-8-6-7-9-12(11)19-25-20(35-5)18(26(13)19)17(24(30)34-4)16(23(29)33-3)15(14)22(28)32-2/h6-10,19,25H,1-5H3. The smallest absolute Gasteiger partial charge is 0.341 e. The summed E-state index contributed by atoms with van der Waals surface area (Å²) < 4.78 is 20.0. The van der Waals surface area contributed by atoms with Gasteiger partial charge in [-0.05, 0) is 17.9 Å². The molecule has 0 amide bonds. The fourth-order valence-electron chi connectivity index (χ4n) is 4.38. The van der Waals surface area contributed by atoms with E-state index in [1.54, 1.807) is 17.2 Å². The Kier molecular flexibility index (Phi) is 6.44. The van der Waals surface area contributed by atoms with Gasteiger partial charge in [0.15, 0.2) is 0 Å². The van der Waals surface area contributed by atoms with Crippen LogP contribution in [0, 0.1) is 0 Å². The summed E-state index contributed by atoms with van der Waals surface area (Å²) in [6, 6.07) is 7.45. The maximum atomic E-state index is 13.2. The number of thioether (sulfide) groups is 1. The van der Waals surface area contributed by atoms with Crippen LogP contribution >= 0.6 is 11.8 Å². The predicted octanol–water partition coefficient (Wildman–Crippen LogP) is 1.78. The molecule has 35 heavy (non-hydrogen) atoms. The van der Waals surface area contributed by atoms with E-state index in [9.17, 15) is 19.2 Å². The van der Waals surface area contributed by atoms with Gasteiger partial charge in [0, 0.05) is 5.56 Å². The average molecular weight is 499 g/mol. The van der Waals surface area contributed by atoms with Gasteiger partial charge in [-0.25, -0.2) is 19.2 Å². The molecule has 0 fully saturated rings.